The van der Waals surface area contributed by atoms with Crippen molar-refractivity contribution in [3.05, 3.63) is 60.4 Å². The number of furan rings is 1. The van der Waals surface area contributed by atoms with Gasteiger partial charge in [-0.05, 0) is 30.3 Å². The maximum absolute atomic E-state index is 12.2. The molecule has 4 aromatic heterocycles. The highest BCUT2D eigenvalue weighted by molar-refractivity contribution is 5.93. The Bertz CT molecular complexity index is 974. The summed E-state index contributed by atoms with van der Waals surface area (Å²) in [5.74, 6) is 0.732. The van der Waals surface area contributed by atoms with Crippen LogP contribution in [0.3, 0.4) is 0 Å². The molecule has 0 aromatic carbocycles. The minimum Gasteiger partial charge on any atom is -0.459 e. The molecule has 0 fully saturated rings. The minimum absolute atomic E-state index is 0.112. The number of H-pyrrole nitrogens is 1. The average Bonchev–Trinajstić information content (AvgIpc) is 3.41. The monoisotopic (exact) mass is 336 g/mol. The SMILES string of the molecule is O=C(NCc1noc(-c2ccco2)n1)c1cc(-c2ccccn2)n[nH]1. The molecule has 0 saturated heterocycles. The zero-order chi connectivity index (χ0) is 17.1. The highest BCUT2D eigenvalue weighted by Crippen LogP contribution is 2.17. The Morgan fingerprint density at radius 3 is 2.96 bits per heavy atom. The topological polar surface area (TPSA) is 123 Å². The second-order valence-electron chi connectivity index (χ2n) is 5.06. The van der Waals surface area contributed by atoms with Crippen molar-refractivity contribution < 1.29 is 13.7 Å². The number of nitrogens with zero attached hydrogens (tertiary/aromatic N) is 4. The zero-order valence-corrected chi connectivity index (χ0v) is 12.8. The molecule has 0 saturated carbocycles. The van der Waals surface area contributed by atoms with Crippen LogP contribution in [0.2, 0.25) is 0 Å². The third-order valence-electron chi connectivity index (χ3n) is 3.36. The Labute approximate surface area is 141 Å². The number of aromatic amines is 1. The van der Waals surface area contributed by atoms with Crippen molar-refractivity contribution in [3.8, 4) is 23.0 Å². The molecule has 4 heterocycles. The summed E-state index contributed by atoms with van der Waals surface area (Å²) >= 11 is 0. The Morgan fingerprint density at radius 2 is 2.16 bits per heavy atom. The zero-order valence-electron chi connectivity index (χ0n) is 12.8. The molecule has 2 N–H and O–H groups in total. The summed E-state index contributed by atoms with van der Waals surface area (Å²) in [7, 11) is 0. The number of aromatic nitrogens is 5. The third kappa shape index (κ3) is 3.15. The lowest BCUT2D eigenvalue weighted by molar-refractivity contribution is 0.0944. The molecule has 4 aromatic rings. The fourth-order valence-electron chi connectivity index (χ4n) is 2.16. The van der Waals surface area contributed by atoms with Gasteiger partial charge in [-0.1, -0.05) is 11.2 Å². The highest BCUT2D eigenvalue weighted by Gasteiger charge is 2.14. The number of nitrogens with one attached hydrogen (secondary N) is 2. The smallest absolute Gasteiger partial charge is 0.293 e. The first kappa shape index (κ1) is 14.8. The van der Waals surface area contributed by atoms with E-state index in [1.54, 1.807) is 24.4 Å². The van der Waals surface area contributed by atoms with Gasteiger partial charge < -0.3 is 14.3 Å². The van der Waals surface area contributed by atoms with Crippen LogP contribution < -0.4 is 5.32 Å². The molecule has 9 heteroatoms. The van der Waals surface area contributed by atoms with Crippen LogP contribution in [0, 0.1) is 0 Å². The molecule has 0 atom stereocenters. The summed E-state index contributed by atoms with van der Waals surface area (Å²) < 4.78 is 10.2. The first-order chi connectivity index (χ1) is 12.3. The number of carbonyl (C=O) groups is 1. The Kier molecular flexibility index (Phi) is 3.79. The van der Waals surface area contributed by atoms with Gasteiger partial charge in [0.25, 0.3) is 11.8 Å². The molecular weight excluding hydrogens is 324 g/mol. The number of carbonyl (C=O) groups excluding carboxylic acids is 1. The van der Waals surface area contributed by atoms with Crippen molar-refractivity contribution in [1.82, 2.24) is 30.6 Å². The normalized spacial score (nSPS) is 10.7. The number of rotatable bonds is 5. The molecular formula is C16H12N6O3. The summed E-state index contributed by atoms with van der Waals surface area (Å²) in [4.78, 5) is 20.5. The lowest BCUT2D eigenvalue weighted by Crippen LogP contribution is -2.23. The summed E-state index contributed by atoms with van der Waals surface area (Å²) in [6.45, 7) is 0.112. The molecule has 0 aliphatic carbocycles. The van der Waals surface area contributed by atoms with Crippen molar-refractivity contribution >= 4 is 5.91 Å². The summed E-state index contributed by atoms with van der Waals surface area (Å²) in [5.41, 5.74) is 1.58. The van der Waals surface area contributed by atoms with Crippen LogP contribution in [0.4, 0.5) is 0 Å². The lowest BCUT2D eigenvalue weighted by Gasteiger charge is -1.98. The van der Waals surface area contributed by atoms with Crippen LogP contribution in [0.25, 0.3) is 23.0 Å². The summed E-state index contributed by atoms with van der Waals surface area (Å²) in [5, 5.41) is 13.3. The number of amides is 1. The van der Waals surface area contributed by atoms with Gasteiger partial charge in [0.15, 0.2) is 11.6 Å². The Morgan fingerprint density at radius 1 is 1.20 bits per heavy atom. The largest absolute Gasteiger partial charge is 0.459 e. The standard InChI is InChI=1S/C16H12N6O3/c23-15(12-8-11(20-21-12)10-4-1-2-6-17-10)18-9-14-19-16(25-22-14)13-5-3-7-24-13/h1-8H,9H2,(H,18,23)(H,20,21). The van der Waals surface area contributed by atoms with Gasteiger partial charge >= 0.3 is 0 Å². The van der Waals surface area contributed by atoms with Crippen molar-refractivity contribution in [2.24, 2.45) is 0 Å². The molecule has 4 rings (SSSR count). The third-order valence-corrected chi connectivity index (χ3v) is 3.36. The first-order valence-corrected chi connectivity index (χ1v) is 7.41. The van der Waals surface area contributed by atoms with Crippen LogP contribution in [0.1, 0.15) is 16.3 Å². The Balaban J connectivity index is 1.40. The van der Waals surface area contributed by atoms with E-state index in [2.05, 4.69) is 30.6 Å². The van der Waals surface area contributed by atoms with Gasteiger partial charge in [0, 0.05) is 6.20 Å². The van der Waals surface area contributed by atoms with Crippen molar-refractivity contribution in [2.45, 2.75) is 6.54 Å². The Hall–Kier alpha value is -3.75. The fourth-order valence-corrected chi connectivity index (χ4v) is 2.16. The maximum Gasteiger partial charge on any atom is 0.293 e. The van der Waals surface area contributed by atoms with Crippen LogP contribution in [-0.2, 0) is 6.54 Å². The van der Waals surface area contributed by atoms with Crippen molar-refractivity contribution in [3.63, 3.8) is 0 Å². The molecule has 0 aliphatic heterocycles. The van der Waals surface area contributed by atoms with Crippen molar-refractivity contribution in [2.75, 3.05) is 0 Å². The van der Waals surface area contributed by atoms with E-state index >= 15 is 0 Å². The van der Waals surface area contributed by atoms with Gasteiger partial charge in [-0.25, -0.2) is 0 Å². The maximum atomic E-state index is 12.2. The van der Waals surface area contributed by atoms with E-state index in [9.17, 15) is 4.79 Å². The van der Waals surface area contributed by atoms with Crippen LogP contribution in [-0.4, -0.2) is 31.2 Å². The van der Waals surface area contributed by atoms with Crippen LogP contribution in [0.15, 0.2) is 57.8 Å². The van der Waals surface area contributed by atoms with Crippen molar-refractivity contribution in [1.29, 1.82) is 0 Å². The van der Waals surface area contributed by atoms with Gasteiger partial charge in [-0.3, -0.25) is 14.9 Å². The van der Waals surface area contributed by atoms with E-state index in [4.69, 9.17) is 8.94 Å². The van der Waals surface area contributed by atoms with E-state index in [1.165, 1.54) is 6.26 Å². The average molecular weight is 336 g/mol. The van der Waals surface area contributed by atoms with E-state index < -0.39 is 0 Å². The minimum atomic E-state index is -0.334. The lowest BCUT2D eigenvalue weighted by atomic mass is 10.2. The number of hydrogen-bond donors (Lipinski definition) is 2. The molecule has 25 heavy (non-hydrogen) atoms. The van der Waals surface area contributed by atoms with E-state index in [1.807, 2.05) is 18.2 Å². The molecule has 0 aliphatic rings. The quantitative estimate of drug-likeness (QED) is 0.571. The van der Waals surface area contributed by atoms with Gasteiger partial charge in [0.05, 0.1) is 18.5 Å². The van der Waals surface area contributed by atoms with E-state index in [0.717, 1.165) is 0 Å². The molecule has 0 unspecified atom stereocenters. The van der Waals surface area contributed by atoms with E-state index in [-0.39, 0.29) is 18.3 Å². The van der Waals surface area contributed by atoms with Crippen LogP contribution >= 0.6 is 0 Å². The summed E-state index contributed by atoms with van der Waals surface area (Å²) in [6, 6.07) is 10.5. The molecule has 0 spiro atoms. The molecule has 9 nitrogen and oxygen atoms in total. The van der Waals surface area contributed by atoms with Gasteiger partial charge in [-0.2, -0.15) is 10.1 Å². The second-order valence-corrected chi connectivity index (χ2v) is 5.06. The fraction of sp³-hybridized carbons (Fsp3) is 0.0625. The molecule has 0 radical (unpaired) electrons. The van der Waals surface area contributed by atoms with E-state index in [0.29, 0.717) is 28.7 Å². The van der Waals surface area contributed by atoms with Gasteiger partial charge in [0.1, 0.15) is 11.4 Å². The number of pyridine rings is 1. The molecule has 1 amide bonds. The predicted molar refractivity (Wildman–Crippen MR) is 85.0 cm³/mol. The summed E-state index contributed by atoms with van der Waals surface area (Å²) in [6.07, 6.45) is 3.18. The first-order valence-electron chi connectivity index (χ1n) is 7.41. The second kappa shape index (κ2) is 6.40. The van der Waals surface area contributed by atoms with Gasteiger partial charge in [0.2, 0.25) is 0 Å². The molecule has 124 valence electrons. The molecule has 0 bridgehead atoms. The highest BCUT2D eigenvalue weighted by atomic mass is 16.5. The van der Waals surface area contributed by atoms with Gasteiger partial charge in [-0.15, -0.1) is 0 Å². The number of hydrogen-bond acceptors (Lipinski definition) is 7. The van der Waals surface area contributed by atoms with Crippen LogP contribution in [0.5, 0.6) is 0 Å². The predicted octanol–water partition coefficient (Wildman–Crippen LogP) is 2.04.